The summed E-state index contributed by atoms with van der Waals surface area (Å²) in [6, 6.07) is 4.47. The van der Waals surface area contributed by atoms with Gasteiger partial charge in [0.15, 0.2) is 0 Å². The molecule has 1 spiro atoms. The zero-order chi connectivity index (χ0) is 21.2. The van der Waals surface area contributed by atoms with Crippen LogP contribution in [-0.4, -0.2) is 41.2 Å². The van der Waals surface area contributed by atoms with Gasteiger partial charge in [-0.05, 0) is 36.5 Å². The maximum absolute atomic E-state index is 12.8. The number of nitrogens with one attached hydrogen (secondary N) is 2. The molecule has 2 unspecified atom stereocenters. The van der Waals surface area contributed by atoms with Crippen LogP contribution in [0.25, 0.3) is 0 Å². The maximum Gasteiger partial charge on any atom is 0.573 e. The average molecular weight is 413 g/mol. The Labute approximate surface area is 165 Å². The van der Waals surface area contributed by atoms with Crippen molar-refractivity contribution in [1.29, 1.82) is 0 Å². The van der Waals surface area contributed by atoms with Crippen molar-refractivity contribution in [2.45, 2.75) is 51.1 Å². The predicted molar refractivity (Wildman–Crippen MR) is 95.6 cm³/mol. The minimum absolute atomic E-state index is 0.00167. The molecule has 1 heterocycles. The van der Waals surface area contributed by atoms with E-state index in [1.54, 1.807) is 0 Å². The Balaban J connectivity index is 1.54. The quantitative estimate of drug-likeness (QED) is 0.727. The molecule has 2 aliphatic rings. The van der Waals surface area contributed by atoms with Crippen molar-refractivity contribution < 1.29 is 32.3 Å². The Morgan fingerprint density at radius 3 is 2.59 bits per heavy atom. The summed E-state index contributed by atoms with van der Waals surface area (Å²) in [4.78, 5) is 38.2. The van der Waals surface area contributed by atoms with E-state index in [2.05, 4.69) is 15.4 Å². The van der Waals surface area contributed by atoms with E-state index < -0.39 is 30.4 Å². The van der Waals surface area contributed by atoms with Crippen LogP contribution in [0.2, 0.25) is 0 Å². The van der Waals surface area contributed by atoms with Crippen LogP contribution in [0.15, 0.2) is 24.3 Å². The third kappa shape index (κ3) is 4.63. The van der Waals surface area contributed by atoms with Crippen LogP contribution in [-0.2, 0) is 16.1 Å². The maximum atomic E-state index is 12.8. The molecule has 2 N–H and O–H groups in total. The lowest BCUT2D eigenvalue weighted by atomic mass is 9.73. The summed E-state index contributed by atoms with van der Waals surface area (Å²) in [6.07, 6.45) is -1.54. The van der Waals surface area contributed by atoms with Gasteiger partial charge in [-0.25, -0.2) is 4.79 Å². The second-order valence-electron chi connectivity index (χ2n) is 7.41. The molecular formula is C19H22F3N3O4. The summed E-state index contributed by atoms with van der Waals surface area (Å²) in [5.74, 6) is -1.28. The first-order valence-electron chi connectivity index (χ1n) is 9.36. The fraction of sp³-hybridized carbons (Fsp3) is 0.526. The van der Waals surface area contributed by atoms with Gasteiger partial charge in [0.05, 0.1) is 0 Å². The predicted octanol–water partition coefficient (Wildman–Crippen LogP) is 2.70. The van der Waals surface area contributed by atoms with Gasteiger partial charge in [0.25, 0.3) is 5.91 Å². The number of rotatable bonds is 5. The van der Waals surface area contributed by atoms with Gasteiger partial charge in [0.1, 0.15) is 17.8 Å². The summed E-state index contributed by atoms with van der Waals surface area (Å²) in [5.41, 5.74) is -0.383. The number of benzene rings is 1. The van der Waals surface area contributed by atoms with Crippen LogP contribution < -0.4 is 15.4 Å². The fourth-order valence-electron chi connectivity index (χ4n) is 3.85. The molecule has 2 fully saturated rings. The number of amides is 4. The zero-order valence-corrected chi connectivity index (χ0v) is 15.8. The molecule has 10 heteroatoms. The highest BCUT2D eigenvalue weighted by atomic mass is 19.4. The molecule has 0 aromatic heterocycles. The Morgan fingerprint density at radius 2 is 1.97 bits per heavy atom. The number of ether oxygens (including phenoxy) is 1. The van der Waals surface area contributed by atoms with Crippen LogP contribution in [0.4, 0.5) is 18.0 Å². The number of alkyl halides is 3. The lowest BCUT2D eigenvalue weighted by Crippen LogP contribution is -2.54. The fourth-order valence-corrected chi connectivity index (χ4v) is 3.85. The molecule has 0 radical (unpaired) electrons. The molecule has 29 heavy (non-hydrogen) atoms. The van der Waals surface area contributed by atoms with E-state index in [9.17, 15) is 27.6 Å². The van der Waals surface area contributed by atoms with E-state index in [-0.39, 0.29) is 24.1 Å². The zero-order valence-electron chi connectivity index (χ0n) is 15.8. The first-order chi connectivity index (χ1) is 13.6. The van der Waals surface area contributed by atoms with Gasteiger partial charge >= 0.3 is 12.4 Å². The average Bonchev–Trinajstić information content (AvgIpc) is 2.87. The SMILES string of the molecule is CC1CCCCC12NC(=O)N(CC(=O)NCc1ccc(OC(F)(F)F)cc1)C2=O. The van der Waals surface area contributed by atoms with Gasteiger partial charge in [-0.15, -0.1) is 13.2 Å². The summed E-state index contributed by atoms with van der Waals surface area (Å²) in [5, 5.41) is 5.34. The summed E-state index contributed by atoms with van der Waals surface area (Å²) >= 11 is 0. The van der Waals surface area contributed by atoms with Gasteiger partial charge in [-0.3, -0.25) is 14.5 Å². The van der Waals surface area contributed by atoms with Gasteiger partial charge in [0.2, 0.25) is 5.91 Å². The van der Waals surface area contributed by atoms with Crippen molar-refractivity contribution >= 4 is 17.8 Å². The number of halogens is 3. The topological polar surface area (TPSA) is 87.7 Å². The molecule has 1 aromatic carbocycles. The van der Waals surface area contributed by atoms with Crippen LogP contribution >= 0.6 is 0 Å². The minimum atomic E-state index is -4.77. The van der Waals surface area contributed by atoms with E-state index >= 15 is 0 Å². The number of carbonyl (C=O) groups is 3. The van der Waals surface area contributed by atoms with Crippen molar-refractivity contribution in [3.63, 3.8) is 0 Å². The number of nitrogens with zero attached hydrogens (tertiary/aromatic N) is 1. The molecule has 1 saturated carbocycles. The van der Waals surface area contributed by atoms with Gasteiger partial charge < -0.3 is 15.4 Å². The van der Waals surface area contributed by atoms with Crippen LogP contribution in [0.3, 0.4) is 0 Å². The number of carbonyl (C=O) groups excluding carboxylic acids is 3. The van der Waals surface area contributed by atoms with Gasteiger partial charge in [-0.1, -0.05) is 31.9 Å². The molecule has 4 amide bonds. The standard InChI is InChI=1S/C19H22F3N3O4/c1-12-4-2-3-9-18(12)16(27)25(17(28)24-18)11-15(26)23-10-13-5-7-14(8-6-13)29-19(20,21)22/h5-8,12H,2-4,9-11H2,1H3,(H,23,26)(H,24,28). The van der Waals surface area contributed by atoms with E-state index in [1.165, 1.54) is 12.1 Å². The van der Waals surface area contributed by atoms with Crippen molar-refractivity contribution in [3.05, 3.63) is 29.8 Å². The van der Waals surface area contributed by atoms with E-state index in [1.807, 2.05) is 6.92 Å². The normalized spacial score (nSPS) is 24.6. The second kappa shape index (κ2) is 7.92. The minimum Gasteiger partial charge on any atom is -0.406 e. The third-order valence-electron chi connectivity index (χ3n) is 5.45. The molecular weight excluding hydrogens is 391 g/mol. The molecule has 1 aromatic rings. The Kier molecular flexibility index (Phi) is 5.72. The lowest BCUT2D eigenvalue weighted by molar-refractivity contribution is -0.274. The number of hydrogen-bond acceptors (Lipinski definition) is 4. The monoisotopic (exact) mass is 413 g/mol. The third-order valence-corrected chi connectivity index (χ3v) is 5.45. The van der Waals surface area contributed by atoms with E-state index in [4.69, 9.17) is 0 Å². The number of hydrogen-bond donors (Lipinski definition) is 2. The van der Waals surface area contributed by atoms with E-state index in [0.29, 0.717) is 12.0 Å². The molecule has 1 aliphatic carbocycles. The highest BCUT2D eigenvalue weighted by Crippen LogP contribution is 2.38. The van der Waals surface area contributed by atoms with Crippen molar-refractivity contribution in [1.82, 2.24) is 15.5 Å². The van der Waals surface area contributed by atoms with Crippen molar-refractivity contribution in [3.8, 4) is 5.75 Å². The smallest absolute Gasteiger partial charge is 0.406 e. The Hall–Kier alpha value is -2.78. The largest absolute Gasteiger partial charge is 0.573 e. The molecule has 0 bridgehead atoms. The number of imide groups is 1. The molecule has 158 valence electrons. The van der Waals surface area contributed by atoms with Crippen molar-refractivity contribution in [2.24, 2.45) is 5.92 Å². The van der Waals surface area contributed by atoms with Crippen molar-refractivity contribution in [2.75, 3.05) is 6.54 Å². The molecule has 1 saturated heterocycles. The van der Waals surface area contributed by atoms with Gasteiger partial charge in [-0.2, -0.15) is 0 Å². The Bertz CT molecular complexity index is 797. The first-order valence-corrected chi connectivity index (χ1v) is 9.36. The molecule has 7 nitrogen and oxygen atoms in total. The highest BCUT2D eigenvalue weighted by molar-refractivity contribution is 6.09. The lowest BCUT2D eigenvalue weighted by Gasteiger charge is -2.36. The molecule has 3 rings (SSSR count). The molecule has 2 atom stereocenters. The van der Waals surface area contributed by atoms with Crippen LogP contribution in [0.1, 0.15) is 38.2 Å². The Morgan fingerprint density at radius 1 is 1.28 bits per heavy atom. The summed E-state index contributed by atoms with van der Waals surface area (Å²) in [6.45, 7) is 1.55. The van der Waals surface area contributed by atoms with Crippen LogP contribution in [0, 0.1) is 5.92 Å². The second-order valence-corrected chi connectivity index (χ2v) is 7.41. The summed E-state index contributed by atoms with van der Waals surface area (Å²) < 4.78 is 40.3. The van der Waals surface area contributed by atoms with E-state index in [0.717, 1.165) is 36.3 Å². The number of urea groups is 1. The summed E-state index contributed by atoms with van der Waals surface area (Å²) in [7, 11) is 0. The highest BCUT2D eigenvalue weighted by Gasteiger charge is 2.55. The first kappa shape index (κ1) is 20.9. The van der Waals surface area contributed by atoms with Crippen LogP contribution in [0.5, 0.6) is 5.75 Å². The molecule has 1 aliphatic heterocycles. The van der Waals surface area contributed by atoms with Gasteiger partial charge in [0, 0.05) is 6.54 Å².